The maximum atomic E-state index is 12.3. The van der Waals surface area contributed by atoms with E-state index in [1.807, 2.05) is 30.3 Å². The van der Waals surface area contributed by atoms with Crippen LogP contribution in [0.3, 0.4) is 0 Å². The van der Waals surface area contributed by atoms with E-state index < -0.39 is 5.97 Å². The maximum absolute atomic E-state index is 12.3. The molecule has 21 heavy (non-hydrogen) atoms. The summed E-state index contributed by atoms with van der Waals surface area (Å²) in [6.07, 6.45) is 2.31. The molecule has 5 heteroatoms. The maximum Gasteiger partial charge on any atom is 0.303 e. The molecule has 1 aliphatic rings. The minimum absolute atomic E-state index is 0.132. The quantitative estimate of drug-likeness (QED) is 0.616. The fraction of sp³-hybridized carbons (Fsp3) is 0.438. The number of carboxylic acid groups (broad SMARTS) is 1. The smallest absolute Gasteiger partial charge is 0.303 e. The van der Waals surface area contributed by atoms with Gasteiger partial charge in [0.1, 0.15) is 0 Å². The fourth-order valence-electron chi connectivity index (χ4n) is 2.59. The van der Waals surface area contributed by atoms with E-state index in [1.165, 1.54) is 4.90 Å². The zero-order chi connectivity index (χ0) is 15.2. The molecule has 2 rings (SSSR count). The van der Waals surface area contributed by atoms with E-state index in [0.717, 1.165) is 5.56 Å². The molecular formula is C16H19NO4. The number of carbonyl (C=O) groups is 3. The summed E-state index contributed by atoms with van der Waals surface area (Å²) >= 11 is 0. The van der Waals surface area contributed by atoms with Crippen molar-refractivity contribution in [3.8, 4) is 0 Å². The largest absolute Gasteiger partial charge is 0.481 e. The third-order valence-corrected chi connectivity index (χ3v) is 3.72. The van der Waals surface area contributed by atoms with E-state index in [4.69, 9.17) is 5.11 Å². The molecule has 1 N–H and O–H groups in total. The molecule has 0 radical (unpaired) electrons. The molecule has 1 aromatic carbocycles. The van der Waals surface area contributed by atoms with Gasteiger partial charge in [0, 0.05) is 19.4 Å². The van der Waals surface area contributed by atoms with Crippen LogP contribution in [0.1, 0.15) is 43.6 Å². The number of carboxylic acids is 1. The second-order valence-corrected chi connectivity index (χ2v) is 5.26. The van der Waals surface area contributed by atoms with Gasteiger partial charge in [-0.05, 0) is 18.4 Å². The molecule has 1 saturated heterocycles. The number of carbonyl (C=O) groups excluding carboxylic acids is 2. The molecule has 2 amide bonds. The van der Waals surface area contributed by atoms with E-state index in [-0.39, 0.29) is 30.6 Å². The average molecular weight is 289 g/mol. The van der Waals surface area contributed by atoms with Gasteiger partial charge < -0.3 is 5.11 Å². The van der Waals surface area contributed by atoms with E-state index in [2.05, 4.69) is 0 Å². The van der Waals surface area contributed by atoms with E-state index in [9.17, 15) is 14.4 Å². The highest BCUT2D eigenvalue weighted by Crippen LogP contribution is 2.29. The van der Waals surface area contributed by atoms with Crippen molar-refractivity contribution < 1.29 is 19.5 Å². The molecule has 5 nitrogen and oxygen atoms in total. The summed E-state index contributed by atoms with van der Waals surface area (Å²) in [5.41, 5.74) is 0.879. The number of hydrogen-bond acceptors (Lipinski definition) is 3. The Labute approximate surface area is 123 Å². The minimum atomic E-state index is -0.813. The van der Waals surface area contributed by atoms with Crippen molar-refractivity contribution in [1.29, 1.82) is 0 Å². The predicted octanol–water partition coefficient (Wildman–Crippen LogP) is 2.17. The van der Waals surface area contributed by atoms with E-state index >= 15 is 0 Å². The van der Waals surface area contributed by atoms with Crippen LogP contribution in [0.5, 0.6) is 0 Å². The highest BCUT2D eigenvalue weighted by molar-refractivity contribution is 6.06. The molecule has 0 aromatic heterocycles. The summed E-state index contributed by atoms with van der Waals surface area (Å²) in [5.74, 6) is -1.44. The van der Waals surface area contributed by atoms with E-state index in [0.29, 0.717) is 25.8 Å². The molecule has 0 bridgehead atoms. The first kappa shape index (κ1) is 15.2. The van der Waals surface area contributed by atoms with Crippen molar-refractivity contribution >= 4 is 17.8 Å². The molecule has 1 fully saturated rings. The topological polar surface area (TPSA) is 74.7 Å². The molecule has 112 valence electrons. The molecule has 1 aromatic rings. The zero-order valence-corrected chi connectivity index (χ0v) is 11.8. The highest BCUT2D eigenvalue weighted by atomic mass is 16.4. The SMILES string of the molecule is O=C(O)CCCCCN1C(=O)CC(c2ccccc2)C1=O. The average Bonchev–Trinajstić information content (AvgIpc) is 2.75. The highest BCUT2D eigenvalue weighted by Gasteiger charge is 2.38. The number of benzene rings is 1. The van der Waals surface area contributed by atoms with Crippen LogP contribution in [0, 0.1) is 0 Å². The summed E-state index contributed by atoms with van der Waals surface area (Å²) in [7, 11) is 0. The second kappa shape index (κ2) is 7.02. The summed E-state index contributed by atoms with van der Waals surface area (Å²) in [6, 6.07) is 9.34. The minimum Gasteiger partial charge on any atom is -0.481 e. The number of hydrogen-bond donors (Lipinski definition) is 1. The normalized spacial score (nSPS) is 18.3. The number of aliphatic carboxylic acids is 1. The van der Waals surface area contributed by atoms with Gasteiger partial charge in [-0.1, -0.05) is 36.8 Å². The number of imide groups is 1. The third-order valence-electron chi connectivity index (χ3n) is 3.72. The number of amides is 2. The van der Waals surface area contributed by atoms with Gasteiger partial charge in [-0.25, -0.2) is 0 Å². The Morgan fingerprint density at radius 1 is 1.14 bits per heavy atom. The molecule has 1 heterocycles. The van der Waals surface area contributed by atoms with Crippen molar-refractivity contribution in [1.82, 2.24) is 4.90 Å². The third kappa shape index (κ3) is 3.90. The van der Waals surface area contributed by atoms with Gasteiger partial charge >= 0.3 is 5.97 Å². The number of rotatable bonds is 7. The Hall–Kier alpha value is -2.17. The Balaban J connectivity index is 1.86. The molecule has 0 saturated carbocycles. The molecule has 1 aliphatic heterocycles. The molecule has 1 unspecified atom stereocenters. The van der Waals surface area contributed by atoms with Crippen LogP contribution in [0.15, 0.2) is 30.3 Å². The fourth-order valence-corrected chi connectivity index (χ4v) is 2.59. The summed E-state index contributed by atoms with van der Waals surface area (Å²) in [6.45, 7) is 0.390. The molecular weight excluding hydrogens is 270 g/mol. The van der Waals surface area contributed by atoms with Crippen molar-refractivity contribution in [3.63, 3.8) is 0 Å². The zero-order valence-electron chi connectivity index (χ0n) is 11.8. The Morgan fingerprint density at radius 2 is 1.86 bits per heavy atom. The molecule has 0 spiro atoms. The van der Waals surface area contributed by atoms with Crippen LogP contribution in [0.25, 0.3) is 0 Å². The van der Waals surface area contributed by atoms with Crippen molar-refractivity contribution in [2.24, 2.45) is 0 Å². The summed E-state index contributed by atoms with van der Waals surface area (Å²) in [5, 5.41) is 8.55. The Bertz CT molecular complexity index is 526. The summed E-state index contributed by atoms with van der Waals surface area (Å²) < 4.78 is 0. The van der Waals surface area contributed by atoms with Crippen LogP contribution in [-0.4, -0.2) is 34.3 Å². The standard InChI is InChI=1S/C16H19NO4/c18-14-11-13(12-7-3-1-4-8-12)16(21)17(14)10-6-2-5-9-15(19)20/h1,3-4,7-8,13H,2,5-6,9-11H2,(H,19,20). The number of unbranched alkanes of at least 4 members (excludes halogenated alkanes) is 2. The molecule has 0 aliphatic carbocycles. The van der Waals surface area contributed by atoms with E-state index in [1.54, 1.807) is 0 Å². The van der Waals surface area contributed by atoms with Crippen LogP contribution >= 0.6 is 0 Å². The first-order valence-corrected chi connectivity index (χ1v) is 7.20. The first-order chi connectivity index (χ1) is 10.1. The van der Waals surface area contributed by atoms with Gasteiger partial charge in [0.15, 0.2) is 0 Å². The van der Waals surface area contributed by atoms with Gasteiger partial charge in [-0.2, -0.15) is 0 Å². The molecule has 1 atom stereocenters. The second-order valence-electron chi connectivity index (χ2n) is 5.26. The Kier molecular flexibility index (Phi) is 5.09. The van der Waals surface area contributed by atoms with Gasteiger partial charge in [-0.3, -0.25) is 19.3 Å². The first-order valence-electron chi connectivity index (χ1n) is 7.20. The Morgan fingerprint density at radius 3 is 2.52 bits per heavy atom. The summed E-state index contributed by atoms with van der Waals surface area (Å²) in [4.78, 5) is 36.0. The van der Waals surface area contributed by atoms with Crippen molar-refractivity contribution in [2.75, 3.05) is 6.54 Å². The van der Waals surface area contributed by atoms with Gasteiger partial charge in [0.25, 0.3) is 0 Å². The van der Waals surface area contributed by atoms with Crippen LogP contribution in [-0.2, 0) is 14.4 Å². The predicted molar refractivity (Wildman–Crippen MR) is 76.6 cm³/mol. The number of nitrogens with zero attached hydrogens (tertiary/aromatic N) is 1. The monoisotopic (exact) mass is 289 g/mol. The van der Waals surface area contributed by atoms with Gasteiger partial charge in [-0.15, -0.1) is 0 Å². The lowest BCUT2D eigenvalue weighted by molar-refractivity contribution is -0.139. The van der Waals surface area contributed by atoms with Crippen molar-refractivity contribution in [2.45, 2.75) is 38.0 Å². The van der Waals surface area contributed by atoms with Crippen molar-refractivity contribution in [3.05, 3.63) is 35.9 Å². The van der Waals surface area contributed by atoms with Gasteiger partial charge in [0.2, 0.25) is 11.8 Å². The lowest BCUT2D eigenvalue weighted by Gasteiger charge is -2.14. The number of likely N-dealkylation sites (tertiary alicyclic amines) is 1. The lowest BCUT2D eigenvalue weighted by atomic mass is 9.98. The lowest BCUT2D eigenvalue weighted by Crippen LogP contribution is -2.31. The van der Waals surface area contributed by atoms with Gasteiger partial charge in [0.05, 0.1) is 5.92 Å². The van der Waals surface area contributed by atoms with Crippen LogP contribution < -0.4 is 0 Å². The van der Waals surface area contributed by atoms with Crippen LogP contribution in [0.4, 0.5) is 0 Å². The van der Waals surface area contributed by atoms with Crippen LogP contribution in [0.2, 0.25) is 0 Å².